The summed E-state index contributed by atoms with van der Waals surface area (Å²) in [5, 5.41) is 0.663. The van der Waals surface area contributed by atoms with Crippen LogP contribution in [0.1, 0.15) is 12.8 Å². The van der Waals surface area contributed by atoms with Gasteiger partial charge in [-0.15, -0.1) is 0 Å². The van der Waals surface area contributed by atoms with Crippen molar-refractivity contribution in [1.82, 2.24) is 4.90 Å². The summed E-state index contributed by atoms with van der Waals surface area (Å²) in [4.78, 5) is 13.9. The van der Waals surface area contributed by atoms with Gasteiger partial charge in [0.15, 0.2) is 0 Å². The second-order valence-electron chi connectivity index (χ2n) is 5.43. The third-order valence-electron chi connectivity index (χ3n) is 3.79. The van der Waals surface area contributed by atoms with E-state index >= 15 is 0 Å². The van der Waals surface area contributed by atoms with Gasteiger partial charge in [-0.3, -0.25) is 4.79 Å². The molecule has 0 unspecified atom stereocenters. The number of benzene rings is 1. The Bertz CT molecular complexity index is 482. The molecule has 0 N–H and O–H groups in total. The van der Waals surface area contributed by atoms with E-state index in [4.69, 9.17) is 21.1 Å². The number of likely N-dealkylation sites (tertiary alicyclic amines) is 1. The van der Waals surface area contributed by atoms with E-state index < -0.39 is 0 Å². The zero-order valence-corrected chi connectivity index (χ0v) is 12.0. The molecule has 0 aromatic heterocycles. The highest BCUT2D eigenvalue weighted by Gasteiger charge is 2.33. The summed E-state index contributed by atoms with van der Waals surface area (Å²) in [6, 6.07) is 7.35. The van der Waals surface area contributed by atoms with Crippen LogP contribution in [0.15, 0.2) is 24.3 Å². The Labute approximate surface area is 123 Å². The van der Waals surface area contributed by atoms with E-state index in [2.05, 4.69) is 0 Å². The molecule has 1 amide bonds. The molecule has 0 radical (unpaired) electrons. The minimum Gasteiger partial charge on any atom is -0.487 e. The average Bonchev–Trinajstić information content (AvgIpc) is 2.86. The minimum absolute atomic E-state index is 0.0808. The lowest BCUT2D eigenvalue weighted by Gasteiger charge is -2.39. The molecule has 0 saturated carbocycles. The zero-order chi connectivity index (χ0) is 13.9. The second-order valence-corrected chi connectivity index (χ2v) is 5.87. The number of nitrogens with zero attached hydrogens (tertiary/aromatic N) is 1. The normalized spacial score (nSPS) is 22.6. The Hall–Kier alpha value is -1.26. The van der Waals surface area contributed by atoms with Crippen LogP contribution in [-0.2, 0) is 9.53 Å². The zero-order valence-electron chi connectivity index (χ0n) is 11.3. The van der Waals surface area contributed by atoms with Gasteiger partial charge in [0.05, 0.1) is 13.1 Å². The molecule has 0 bridgehead atoms. The van der Waals surface area contributed by atoms with Crippen molar-refractivity contribution in [3.63, 3.8) is 0 Å². The lowest BCUT2D eigenvalue weighted by Crippen LogP contribution is -2.56. The topological polar surface area (TPSA) is 38.8 Å². The van der Waals surface area contributed by atoms with E-state index in [1.807, 2.05) is 23.1 Å². The van der Waals surface area contributed by atoms with Crippen LogP contribution < -0.4 is 4.74 Å². The lowest BCUT2D eigenvalue weighted by molar-refractivity contribution is -0.141. The van der Waals surface area contributed by atoms with Crippen LogP contribution in [0.25, 0.3) is 0 Å². The number of rotatable bonds is 4. The summed E-state index contributed by atoms with van der Waals surface area (Å²) in [6.07, 6.45) is 1.68. The Morgan fingerprint density at radius 2 is 2.30 bits per heavy atom. The molecule has 2 aliphatic rings. The summed E-state index contributed by atoms with van der Waals surface area (Å²) in [5.41, 5.74) is 0. The molecular weight excluding hydrogens is 278 g/mol. The van der Waals surface area contributed by atoms with Crippen LogP contribution >= 0.6 is 11.6 Å². The van der Waals surface area contributed by atoms with Crippen molar-refractivity contribution in [2.24, 2.45) is 5.92 Å². The molecule has 3 rings (SSSR count). The minimum atomic E-state index is 0.0808. The van der Waals surface area contributed by atoms with Crippen molar-refractivity contribution in [3.8, 4) is 5.75 Å². The SMILES string of the molecule is O=C(C[C@H]1CCOC1)N1CC(Oc2cccc(Cl)c2)C1. The van der Waals surface area contributed by atoms with Crippen molar-refractivity contribution in [3.05, 3.63) is 29.3 Å². The first-order valence-electron chi connectivity index (χ1n) is 6.98. The highest BCUT2D eigenvalue weighted by atomic mass is 35.5. The molecule has 0 aliphatic carbocycles. The Balaban J connectivity index is 1.43. The molecule has 20 heavy (non-hydrogen) atoms. The lowest BCUT2D eigenvalue weighted by atomic mass is 10.0. The molecule has 1 aromatic rings. The number of carbonyl (C=O) groups is 1. The van der Waals surface area contributed by atoms with Crippen LogP contribution in [-0.4, -0.2) is 43.2 Å². The molecule has 0 spiro atoms. The Kier molecular flexibility index (Phi) is 4.13. The first-order valence-corrected chi connectivity index (χ1v) is 7.36. The summed E-state index contributed by atoms with van der Waals surface area (Å²) in [6.45, 7) is 2.85. The van der Waals surface area contributed by atoms with Crippen molar-refractivity contribution >= 4 is 17.5 Å². The summed E-state index contributed by atoms with van der Waals surface area (Å²) >= 11 is 5.91. The van der Waals surface area contributed by atoms with Crippen LogP contribution in [0.2, 0.25) is 5.02 Å². The maximum Gasteiger partial charge on any atom is 0.223 e. The number of halogens is 1. The average molecular weight is 296 g/mol. The maximum atomic E-state index is 12.0. The highest BCUT2D eigenvalue weighted by Crippen LogP contribution is 2.23. The fourth-order valence-electron chi connectivity index (χ4n) is 2.57. The van der Waals surface area contributed by atoms with Crippen molar-refractivity contribution < 1.29 is 14.3 Å². The largest absolute Gasteiger partial charge is 0.487 e. The van der Waals surface area contributed by atoms with E-state index in [9.17, 15) is 4.79 Å². The molecule has 2 heterocycles. The molecule has 2 saturated heterocycles. The molecule has 5 heteroatoms. The standard InChI is InChI=1S/C15H18ClNO3/c16-12-2-1-3-13(7-12)20-14-8-17(9-14)15(18)6-11-4-5-19-10-11/h1-3,7,11,14H,4-6,8-10H2/t11-/m1/s1. The molecule has 108 valence electrons. The predicted molar refractivity (Wildman–Crippen MR) is 76.0 cm³/mol. The molecule has 1 atom stereocenters. The molecule has 4 nitrogen and oxygen atoms in total. The fraction of sp³-hybridized carbons (Fsp3) is 0.533. The fourth-order valence-corrected chi connectivity index (χ4v) is 2.75. The van der Waals surface area contributed by atoms with Crippen LogP contribution in [0.5, 0.6) is 5.75 Å². The van der Waals surface area contributed by atoms with Crippen LogP contribution in [0.4, 0.5) is 0 Å². The van der Waals surface area contributed by atoms with Gasteiger partial charge in [0.1, 0.15) is 11.9 Å². The number of amides is 1. The molecule has 2 fully saturated rings. The Morgan fingerprint density at radius 1 is 1.45 bits per heavy atom. The number of hydrogen-bond donors (Lipinski definition) is 0. The van der Waals surface area contributed by atoms with E-state index in [0.717, 1.165) is 25.4 Å². The molecule has 2 aliphatic heterocycles. The smallest absolute Gasteiger partial charge is 0.223 e. The number of hydrogen-bond acceptors (Lipinski definition) is 3. The van der Waals surface area contributed by atoms with Gasteiger partial charge in [-0.25, -0.2) is 0 Å². The van der Waals surface area contributed by atoms with Crippen LogP contribution in [0.3, 0.4) is 0 Å². The van der Waals surface area contributed by atoms with Gasteiger partial charge in [0, 0.05) is 24.7 Å². The van der Waals surface area contributed by atoms with Crippen molar-refractivity contribution in [1.29, 1.82) is 0 Å². The van der Waals surface area contributed by atoms with Gasteiger partial charge in [0.25, 0.3) is 0 Å². The number of ether oxygens (including phenoxy) is 2. The summed E-state index contributed by atoms with van der Waals surface area (Å²) in [7, 11) is 0. The second kappa shape index (κ2) is 6.02. The first-order chi connectivity index (χ1) is 9.70. The van der Waals surface area contributed by atoms with E-state index in [1.54, 1.807) is 6.07 Å². The third kappa shape index (κ3) is 3.25. The van der Waals surface area contributed by atoms with Gasteiger partial charge in [-0.2, -0.15) is 0 Å². The van der Waals surface area contributed by atoms with E-state index in [0.29, 0.717) is 30.5 Å². The molecule has 1 aromatic carbocycles. The van der Waals surface area contributed by atoms with Gasteiger partial charge in [-0.1, -0.05) is 17.7 Å². The summed E-state index contributed by atoms with van der Waals surface area (Å²) < 4.78 is 11.1. The first kappa shape index (κ1) is 13.7. The quantitative estimate of drug-likeness (QED) is 0.856. The van der Waals surface area contributed by atoms with Crippen molar-refractivity contribution in [2.75, 3.05) is 26.3 Å². The number of carbonyl (C=O) groups excluding carboxylic acids is 1. The van der Waals surface area contributed by atoms with Crippen molar-refractivity contribution in [2.45, 2.75) is 18.9 Å². The van der Waals surface area contributed by atoms with E-state index in [1.165, 1.54) is 0 Å². The third-order valence-corrected chi connectivity index (χ3v) is 4.02. The van der Waals surface area contributed by atoms with Gasteiger partial charge < -0.3 is 14.4 Å². The van der Waals surface area contributed by atoms with Crippen LogP contribution in [0, 0.1) is 5.92 Å². The molecular formula is C15H18ClNO3. The Morgan fingerprint density at radius 3 is 3.00 bits per heavy atom. The monoisotopic (exact) mass is 295 g/mol. The van der Waals surface area contributed by atoms with Gasteiger partial charge >= 0.3 is 0 Å². The highest BCUT2D eigenvalue weighted by molar-refractivity contribution is 6.30. The van der Waals surface area contributed by atoms with Gasteiger partial charge in [-0.05, 0) is 30.5 Å². The van der Waals surface area contributed by atoms with E-state index in [-0.39, 0.29) is 12.0 Å². The summed E-state index contributed by atoms with van der Waals surface area (Å²) in [5.74, 6) is 1.38. The maximum absolute atomic E-state index is 12.0. The predicted octanol–water partition coefficient (Wildman–Crippen LogP) is 2.36. The van der Waals surface area contributed by atoms with Gasteiger partial charge in [0.2, 0.25) is 5.91 Å².